The lowest BCUT2D eigenvalue weighted by atomic mass is 10.1. The first-order chi connectivity index (χ1) is 14.5. The number of hydrogen-bond donors (Lipinski definition) is 0. The van der Waals surface area contributed by atoms with Gasteiger partial charge in [0.05, 0.1) is 5.56 Å². The summed E-state index contributed by atoms with van der Waals surface area (Å²) in [6, 6.07) is 18.6. The summed E-state index contributed by atoms with van der Waals surface area (Å²) in [6.07, 6.45) is 5.41. The van der Waals surface area contributed by atoms with Crippen LogP contribution in [0.3, 0.4) is 0 Å². The Morgan fingerprint density at radius 2 is 1.83 bits per heavy atom. The van der Waals surface area contributed by atoms with Crippen molar-refractivity contribution in [3.63, 3.8) is 0 Å². The fraction of sp³-hybridized carbons (Fsp3) is 0.0800. The van der Waals surface area contributed by atoms with Gasteiger partial charge in [0.1, 0.15) is 18.1 Å². The number of ether oxygens (including phenoxy) is 2. The molecule has 1 aliphatic heterocycles. The summed E-state index contributed by atoms with van der Waals surface area (Å²) in [5.41, 5.74) is 3.17. The Bertz CT molecular complexity index is 1160. The van der Waals surface area contributed by atoms with E-state index >= 15 is 0 Å². The van der Waals surface area contributed by atoms with Crippen molar-refractivity contribution in [3.8, 4) is 11.5 Å². The molecule has 0 bridgehead atoms. The standard InChI is InChI=1S/C25H18Cl2O3/c1-16-22(29-15-18-10-11-19(26)14-21(18)27)13-12-20-24(28)23(30-25(16)20)9-5-8-17-6-3-2-4-7-17/h2-14H,15H2,1H3/b8-5+,23-9-. The summed E-state index contributed by atoms with van der Waals surface area (Å²) in [5.74, 6) is 1.31. The van der Waals surface area contributed by atoms with Crippen molar-refractivity contribution in [2.24, 2.45) is 0 Å². The highest BCUT2D eigenvalue weighted by molar-refractivity contribution is 6.35. The molecule has 3 aromatic carbocycles. The Kier molecular flexibility index (Phi) is 5.93. The van der Waals surface area contributed by atoms with Gasteiger partial charge in [0, 0.05) is 21.2 Å². The maximum Gasteiger partial charge on any atom is 0.231 e. The van der Waals surface area contributed by atoms with Crippen LogP contribution in [0.25, 0.3) is 6.08 Å². The average Bonchev–Trinajstić information content (AvgIpc) is 3.06. The lowest BCUT2D eigenvalue weighted by Crippen LogP contribution is -1.99. The molecule has 0 unspecified atom stereocenters. The van der Waals surface area contributed by atoms with E-state index in [1.807, 2.05) is 55.5 Å². The third-order valence-electron chi connectivity index (χ3n) is 4.77. The molecule has 0 spiro atoms. The zero-order valence-electron chi connectivity index (χ0n) is 16.2. The molecule has 30 heavy (non-hydrogen) atoms. The van der Waals surface area contributed by atoms with Crippen molar-refractivity contribution in [3.05, 3.63) is 111 Å². The van der Waals surface area contributed by atoms with E-state index in [1.54, 1.807) is 30.3 Å². The summed E-state index contributed by atoms with van der Waals surface area (Å²) >= 11 is 12.2. The van der Waals surface area contributed by atoms with Gasteiger partial charge in [-0.2, -0.15) is 0 Å². The van der Waals surface area contributed by atoms with Crippen LogP contribution in [0.4, 0.5) is 0 Å². The summed E-state index contributed by atoms with van der Waals surface area (Å²) in [4.78, 5) is 12.7. The molecule has 5 heteroatoms. The molecule has 0 amide bonds. The summed E-state index contributed by atoms with van der Waals surface area (Å²) in [5, 5.41) is 1.12. The van der Waals surface area contributed by atoms with Crippen molar-refractivity contribution in [2.45, 2.75) is 13.5 Å². The number of carbonyl (C=O) groups is 1. The quantitative estimate of drug-likeness (QED) is 0.401. The van der Waals surface area contributed by atoms with Crippen LogP contribution in [-0.2, 0) is 6.61 Å². The van der Waals surface area contributed by atoms with Gasteiger partial charge in [0.15, 0.2) is 5.76 Å². The minimum Gasteiger partial charge on any atom is -0.488 e. The number of hydrogen-bond acceptors (Lipinski definition) is 3. The lowest BCUT2D eigenvalue weighted by molar-refractivity contribution is 0.101. The van der Waals surface area contributed by atoms with E-state index in [2.05, 4.69) is 0 Å². The van der Waals surface area contributed by atoms with Gasteiger partial charge in [0.25, 0.3) is 0 Å². The molecule has 0 N–H and O–H groups in total. The Morgan fingerprint density at radius 3 is 2.60 bits per heavy atom. The monoisotopic (exact) mass is 436 g/mol. The Labute approximate surface area is 185 Å². The fourth-order valence-corrected chi connectivity index (χ4v) is 3.61. The Balaban J connectivity index is 1.51. The normalized spacial score (nSPS) is 14.2. The molecule has 0 fully saturated rings. The second-order valence-corrected chi connectivity index (χ2v) is 7.67. The molecular formula is C25H18Cl2O3. The Hall–Kier alpha value is -3.01. The number of fused-ring (bicyclic) bond motifs is 1. The van der Waals surface area contributed by atoms with Crippen molar-refractivity contribution in [1.29, 1.82) is 0 Å². The first-order valence-electron chi connectivity index (χ1n) is 9.39. The van der Waals surface area contributed by atoms with Crippen LogP contribution in [0.1, 0.15) is 27.0 Å². The number of halogens is 2. The fourth-order valence-electron chi connectivity index (χ4n) is 3.14. The highest BCUT2D eigenvalue weighted by Crippen LogP contribution is 2.39. The van der Waals surface area contributed by atoms with Crippen molar-refractivity contribution >= 4 is 35.1 Å². The SMILES string of the molecule is Cc1c(OCc2ccc(Cl)cc2Cl)ccc2c1O/C(=C\C=C\c1ccccc1)C2=O. The van der Waals surface area contributed by atoms with E-state index in [0.717, 1.165) is 16.7 Å². The van der Waals surface area contributed by atoms with Gasteiger partial charge in [0.2, 0.25) is 5.78 Å². The summed E-state index contributed by atoms with van der Waals surface area (Å²) < 4.78 is 11.8. The third kappa shape index (κ3) is 4.28. The highest BCUT2D eigenvalue weighted by atomic mass is 35.5. The van der Waals surface area contributed by atoms with E-state index in [1.165, 1.54) is 0 Å². The van der Waals surface area contributed by atoms with Crippen LogP contribution < -0.4 is 9.47 Å². The van der Waals surface area contributed by atoms with E-state index in [9.17, 15) is 4.79 Å². The second kappa shape index (κ2) is 8.78. The lowest BCUT2D eigenvalue weighted by Gasteiger charge is -2.12. The number of benzene rings is 3. The number of carbonyl (C=O) groups excluding carboxylic acids is 1. The third-order valence-corrected chi connectivity index (χ3v) is 5.36. The molecule has 1 heterocycles. The van der Waals surface area contributed by atoms with Crippen LogP contribution in [0.2, 0.25) is 10.0 Å². The van der Waals surface area contributed by atoms with Gasteiger partial charge < -0.3 is 9.47 Å². The molecule has 150 valence electrons. The molecule has 0 saturated heterocycles. The van der Waals surface area contributed by atoms with Crippen molar-refractivity contribution in [2.75, 3.05) is 0 Å². The van der Waals surface area contributed by atoms with Gasteiger partial charge in [-0.15, -0.1) is 0 Å². The Morgan fingerprint density at radius 1 is 1.03 bits per heavy atom. The average molecular weight is 437 g/mol. The van der Waals surface area contributed by atoms with Crippen molar-refractivity contribution in [1.82, 2.24) is 0 Å². The maximum absolute atomic E-state index is 12.7. The molecule has 0 aromatic heterocycles. The molecule has 3 aromatic rings. The summed E-state index contributed by atoms with van der Waals surface area (Å²) in [7, 11) is 0. The van der Waals surface area contributed by atoms with Gasteiger partial charge in [-0.25, -0.2) is 0 Å². The molecule has 1 aliphatic rings. The van der Waals surface area contributed by atoms with Gasteiger partial charge >= 0.3 is 0 Å². The minimum absolute atomic E-state index is 0.141. The van der Waals surface area contributed by atoms with Crippen LogP contribution in [-0.4, -0.2) is 5.78 Å². The number of Topliss-reactive ketones (excluding diaryl/α,β-unsaturated/α-hetero) is 1. The first kappa shape index (κ1) is 20.3. The number of ketones is 1. The predicted molar refractivity (Wildman–Crippen MR) is 120 cm³/mol. The summed E-state index contributed by atoms with van der Waals surface area (Å²) in [6.45, 7) is 2.15. The number of allylic oxidation sites excluding steroid dienone is 3. The smallest absolute Gasteiger partial charge is 0.231 e. The van der Waals surface area contributed by atoms with Crippen LogP contribution in [0.15, 0.2) is 78.6 Å². The van der Waals surface area contributed by atoms with Crippen LogP contribution in [0, 0.1) is 6.92 Å². The van der Waals surface area contributed by atoms with E-state index in [0.29, 0.717) is 27.1 Å². The topological polar surface area (TPSA) is 35.5 Å². The molecule has 0 atom stereocenters. The largest absolute Gasteiger partial charge is 0.488 e. The second-order valence-electron chi connectivity index (χ2n) is 6.82. The molecule has 4 rings (SSSR count). The van der Waals surface area contributed by atoms with E-state index < -0.39 is 0 Å². The van der Waals surface area contributed by atoms with E-state index in [-0.39, 0.29) is 18.1 Å². The molecule has 0 aliphatic carbocycles. The van der Waals surface area contributed by atoms with Gasteiger partial charge in [-0.3, -0.25) is 4.79 Å². The zero-order chi connectivity index (χ0) is 21.1. The minimum atomic E-state index is -0.141. The van der Waals surface area contributed by atoms with Crippen LogP contribution >= 0.6 is 23.2 Å². The molecule has 0 saturated carbocycles. The van der Waals surface area contributed by atoms with Gasteiger partial charge in [-0.05, 0) is 42.8 Å². The van der Waals surface area contributed by atoms with E-state index in [4.69, 9.17) is 32.7 Å². The zero-order valence-corrected chi connectivity index (χ0v) is 17.7. The van der Waals surface area contributed by atoms with Crippen molar-refractivity contribution < 1.29 is 14.3 Å². The first-order valence-corrected chi connectivity index (χ1v) is 10.1. The van der Waals surface area contributed by atoms with Gasteiger partial charge in [-0.1, -0.05) is 71.8 Å². The highest BCUT2D eigenvalue weighted by Gasteiger charge is 2.29. The molecule has 0 radical (unpaired) electrons. The number of rotatable bonds is 5. The molecule has 3 nitrogen and oxygen atoms in total. The maximum atomic E-state index is 12.7. The predicted octanol–water partition coefficient (Wildman–Crippen LogP) is 7.05. The van der Waals surface area contributed by atoms with Crippen LogP contribution in [0.5, 0.6) is 11.5 Å². The molecular weight excluding hydrogens is 419 g/mol.